The normalized spacial score (nSPS) is 17.8. The largest absolute Gasteiger partial charge is 0.365 e. The first-order chi connectivity index (χ1) is 15.1. The molecular weight excluding hydrogens is 435 g/mol. The lowest BCUT2D eigenvalue weighted by atomic mass is 9.90. The number of nitrogens with one attached hydrogen (secondary N) is 3. The second-order valence-electron chi connectivity index (χ2n) is 8.20. The highest BCUT2D eigenvalue weighted by Crippen LogP contribution is 2.19. The first-order valence-electron chi connectivity index (χ1n) is 10.5. The Balaban J connectivity index is 2.21. The van der Waals surface area contributed by atoms with Gasteiger partial charge in [-0.2, -0.15) is 0 Å². The van der Waals surface area contributed by atoms with E-state index in [1.54, 1.807) is 13.8 Å². The van der Waals surface area contributed by atoms with Gasteiger partial charge in [-0.3, -0.25) is 19.2 Å². The summed E-state index contributed by atoms with van der Waals surface area (Å²) in [5, 5.41) is 8.13. The number of nitrogens with two attached hydrogens (primary N) is 1. The third-order valence-corrected chi connectivity index (χ3v) is 5.79. The second-order valence-corrected chi connectivity index (χ2v) is 8.64. The molecule has 0 spiro atoms. The Labute approximate surface area is 191 Å². The van der Waals surface area contributed by atoms with Gasteiger partial charge in [0.15, 0.2) is 0 Å². The van der Waals surface area contributed by atoms with Crippen molar-refractivity contribution in [2.75, 3.05) is 6.54 Å². The van der Waals surface area contributed by atoms with Gasteiger partial charge >= 0.3 is 0 Å². The van der Waals surface area contributed by atoms with Crippen molar-refractivity contribution < 1.29 is 23.6 Å². The average molecular weight is 465 g/mol. The summed E-state index contributed by atoms with van der Waals surface area (Å²) in [7, 11) is 0. The lowest BCUT2D eigenvalue weighted by Crippen LogP contribution is -2.55. The van der Waals surface area contributed by atoms with Crippen molar-refractivity contribution >= 4 is 40.7 Å². The van der Waals surface area contributed by atoms with Gasteiger partial charge in [0.2, 0.25) is 17.7 Å². The lowest BCUT2D eigenvalue weighted by molar-refractivity contribution is -0.131. The summed E-state index contributed by atoms with van der Waals surface area (Å²) in [5.41, 5.74) is 5.98. The standard InChI is InChI=1S/C22H29FN4O4S/c1-12(2)20(29)27-17(10-13-5-7-15(23)8-6-13)22(31)26-16(18(32)19(24)28)11-14-4-3-9-25-21(14)30/h5-8,12,14,16-17H,3-4,9-11H2,1-2H3,(H2,24,28)(H,25,30)(H,26,31)(H,27,29)/t14-,16+,17+/m1/s1. The Hall–Kier alpha value is -2.88. The molecule has 0 unspecified atom stereocenters. The van der Waals surface area contributed by atoms with Crippen LogP contribution >= 0.6 is 12.2 Å². The molecule has 0 bridgehead atoms. The van der Waals surface area contributed by atoms with Crippen molar-refractivity contribution in [2.24, 2.45) is 17.6 Å². The fourth-order valence-corrected chi connectivity index (χ4v) is 3.58. The molecule has 0 aromatic heterocycles. The molecule has 2 rings (SSSR count). The van der Waals surface area contributed by atoms with Crippen molar-refractivity contribution in [3.8, 4) is 0 Å². The van der Waals surface area contributed by atoms with Crippen LogP contribution in [0.3, 0.4) is 0 Å². The summed E-state index contributed by atoms with van der Waals surface area (Å²) in [6.07, 6.45) is 1.60. The van der Waals surface area contributed by atoms with Crippen molar-refractivity contribution in [1.29, 1.82) is 0 Å². The van der Waals surface area contributed by atoms with E-state index in [4.69, 9.17) is 18.0 Å². The van der Waals surface area contributed by atoms with Crippen molar-refractivity contribution in [1.82, 2.24) is 16.0 Å². The second kappa shape index (κ2) is 11.7. The number of carbonyl (C=O) groups is 4. The topological polar surface area (TPSA) is 130 Å². The summed E-state index contributed by atoms with van der Waals surface area (Å²) in [4.78, 5) is 49.1. The minimum Gasteiger partial charge on any atom is -0.365 e. The van der Waals surface area contributed by atoms with Crippen molar-refractivity contribution in [3.05, 3.63) is 35.6 Å². The van der Waals surface area contributed by atoms with Gasteiger partial charge in [0.05, 0.1) is 6.04 Å². The number of hydrogen-bond acceptors (Lipinski definition) is 5. The number of hydrogen-bond donors (Lipinski definition) is 4. The zero-order valence-corrected chi connectivity index (χ0v) is 19.0. The predicted octanol–water partition coefficient (Wildman–Crippen LogP) is 0.765. The maximum atomic E-state index is 13.2. The van der Waals surface area contributed by atoms with Gasteiger partial charge in [0.25, 0.3) is 5.91 Å². The highest BCUT2D eigenvalue weighted by Gasteiger charge is 2.32. The van der Waals surface area contributed by atoms with Gasteiger partial charge < -0.3 is 21.7 Å². The van der Waals surface area contributed by atoms with Gasteiger partial charge in [-0.15, -0.1) is 0 Å². The smallest absolute Gasteiger partial charge is 0.257 e. The van der Waals surface area contributed by atoms with Crippen LogP contribution < -0.4 is 21.7 Å². The van der Waals surface area contributed by atoms with Gasteiger partial charge in [-0.1, -0.05) is 38.2 Å². The molecular formula is C22H29FN4O4S. The third-order valence-electron chi connectivity index (χ3n) is 5.31. The number of rotatable bonds is 10. The molecule has 32 heavy (non-hydrogen) atoms. The number of halogens is 1. The summed E-state index contributed by atoms with van der Waals surface area (Å²) < 4.78 is 13.2. The molecule has 3 atom stereocenters. The number of benzene rings is 1. The molecule has 174 valence electrons. The molecule has 4 amide bonds. The minimum absolute atomic E-state index is 0.102. The maximum Gasteiger partial charge on any atom is 0.257 e. The highest BCUT2D eigenvalue weighted by atomic mass is 32.1. The fraction of sp³-hybridized carbons (Fsp3) is 0.500. The van der Waals surface area contributed by atoms with Crippen LogP contribution in [0.1, 0.15) is 38.7 Å². The van der Waals surface area contributed by atoms with Crippen LogP contribution in [0.4, 0.5) is 4.39 Å². The van der Waals surface area contributed by atoms with E-state index < -0.39 is 35.6 Å². The van der Waals surface area contributed by atoms with E-state index in [9.17, 15) is 23.6 Å². The van der Waals surface area contributed by atoms with Crippen molar-refractivity contribution in [2.45, 2.75) is 51.6 Å². The fourth-order valence-electron chi connectivity index (χ4n) is 3.42. The van der Waals surface area contributed by atoms with Gasteiger partial charge in [0.1, 0.15) is 16.7 Å². The Morgan fingerprint density at radius 1 is 1.16 bits per heavy atom. The lowest BCUT2D eigenvalue weighted by Gasteiger charge is -2.28. The first kappa shape index (κ1) is 25.4. The number of piperidine rings is 1. The minimum atomic E-state index is -0.992. The van der Waals surface area contributed by atoms with E-state index >= 15 is 0 Å². The quantitative estimate of drug-likeness (QED) is 0.380. The van der Waals surface area contributed by atoms with Gasteiger partial charge in [0, 0.05) is 24.8 Å². The molecule has 1 aliphatic rings. The Morgan fingerprint density at radius 2 is 1.78 bits per heavy atom. The molecule has 5 N–H and O–H groups in total. The predicted molar refractivity (Wildman–Crippen MR) is 121 cm³/mol. The molecule has 1 aromatic rings. The summed E-state index contributed by atoms with van der Waals surface area (Å²) in [5.74, 6) is -3.15. The SMILES string of the molecule is CC(C)C(=O)N[C@@H](Cc1ccc(F)cc1)C(=O)N[C@@H](C[C@H]1CCCNC1=O)C(=S)C(N)=O. The van der Waals surface area contributed by atoms with Crippen LogP contribution in [0, 0.1) is 17.7 Å². The maximum absolute atomic E-state index is 13.2. The van der Waals surface area contributed by atoms with Gasteiger partial charge in [-0.25, -0.2) is 4.39 Å². The molecule has 10 heteroatoms. The third kappa shape index (κ3) is 7.37. The Bertz CT molecular complexity index is 875. The van der Waals surface area contributed by atoms with E-state index in [2.05, 4.69) is 16.0 Å². The van der Waals surface area contributed by atoms with E-state index in [1.807, 2.05) is 0 Å². The first-order valence-corrected chi connectivity index (χ1v) is 11.0. The van der Waals surface area contributed by atoms with Crippen LogP contribution in [0.25, 0.3) is 0 Å². The molecule has 1 heterocycles. The molecule has 1 aliphatic heterocycles. The number of primary amides is 1. The molecule has 0 aliphatic carbocycles. The van der Waals surface area contributed by atoms with Crippen LogP contribution in [0.5, 0.6) is 0 Å². The van der Waals surface area contributed by atoms with Crippen molar-refractivity contribution in [3.63, 3.8) is 0 Å². The van der Waals surface area contributed by atoms with E-state index in [-0.39, 0.29) is 35.4 Å². The molecule has 0 saturated carbocycles. The highest BCUT2D eigenvalue weighted by molar-refractivity contribution is 7.82. The summed E-state index contributed by atoms with van der Waals surface area (Å²) in [6, 6.07) is 3.65. The zero-order chi connectivity index (χ0) is 23.8. The summed E-state index contributed by atoms with van der Waals surface area (Å²) >= 11 is 5.13. The van der Waals surface area contributed by atoms with Crippen LogP contribution in [0.2, 0.25) is 0 Å². The monoisotopic (exact) mass is 464 g/mol. The van der Waals surface area contributed by atoms with Crippen LogP contribution in [0.15, 0.2) is 24.3 Å². The van der Waals surface area contributed by atoms with Crippen LogP contribution in [-0.2, 0) is 25.6 Å². The van der Waals surface area contributed by atoms with E-state index in [0.29, 0.717) is 18.5 Å². The van der Waals surface area contributed by atoms with Gasteiger partial charge in [-0.05, 0) is 37.0 Å². The Morgan fingerprint density at radius 3 is 2.34 bits per heavy atom. The van der Waals surface area contributed by atoms with Crippen LogP contribution in [-0.4, -0.2) is 47.1 Å². The number of carbonyl (C=O) groups excluding carboxylic acids is 4. The summed E-state index contributed by atoms with van der Waals surface area (Å²) in [6.45, 7) is 3.96. The molecule has 1 saturated heterocycles. The van der Waals surface area contributed by atoms with E-state index in [1.165, 1.54) is 24.3 Å². The molecule has 1 fully saturated rings. The Kier molecular flexibility index (Phi) is 9.25. The number of amides is 4. The molecule has 0 radical (unpaired) electrons. The van der Waals surface area contributed by atoms with E-state index in [0.717, 1.165) is 6.42 Å². The number of thiocarbonyl (C=S) groups is 1. The molecule has 1 aromatic carbocycles. The average Bonchev–Trinajstić information content (AvgIpc) is 2.74. The molecule has 8 nitrogen and oxygen atoms in total. The zero-order valence-electron chi connectivity index (χ0n) is 18.2.